The largest absolute Gasteiger partial charge is 0.487 e. The number of benzene rings is 2. The fourth-order valence-electron chi connectivity index (χ4n) is 2.16. The molecule has 8 heteroatoms. The SMILES string of the molecule is CC(NS(=O)(=O)c1ccc(OCC(F)=CCN)cc1)c1ccccc1.Cl. The van der Waals surface area contributed by atoms with Crippen LogP contribution < -0.4 is 15.2 Å². The molecule has 0 aliphatic carbocycles. The summed E-state index contributed by atoms with van der Waals surface area (Å²) in [6.07, 6.45) is 1.22. The van der Waals surface area contributed by atoms with Crippen LogP contribution >= 0.6 is 12.4 Å². The van der Waals surface area contributed by atoms with E-state index >= 15 is 0 Å². The summed E-state index contributed by atoms with van der Waals surface area (Å²) < 4.78 is 45.9. The molecule has 0 spiro atoms. The van der Waals surface area contributed by atoms with Crippen molar-refractivity contribution < 1.29 is 17.5 Å². The summed E-state index contributed by atoms with van der Waals surface area (Å²) in [6, 6.07) is 14.7. The maximum absolute atomic E-state index is 13.2. The van der Waals surface area contributed by atoms with Gasteiger partial charge in [-0.25, -0.2) is 17.5 Å². The minimum Gasteiger partial charge on any atom is -0.487 e. The molecule has 5 nitrogen and oxygen atoms in total. The van der Waals surface area contributed by atoms with Crippen molar-refractivity contribution in [3.05, 3.63) is 72.1 Å². The van der Waals surface area contributed by atoms with Crippen molar-refractivity contribution in [3.63, 3.8) is 0 Å². The minimum atomic E-state index is -3.67. The highest BCUT2D eigenvalue weighted by Gasteiger charge is 2.18. The van der Waals surface area contributed by atoms with Crippen LogP contribution in [0.15, 0.2) is 71.4 Å². The van der Waals surface area contributed by atoms with Gasteiger partial charge in [0.15, 0.2) is 0 Å². The summed E-state index contributed by atoms with van der Waals surface area (Å²) >= 11 is 0. The van der Waals surface area contributed by atoms with Crippen molar-refractivity contribution in [2.45, 2.75) is 17.9 Å². The molecule has 0 radical (unpaired) electrons. The Morgan fingerprint density at radius 2 is 1.81 bits per heavy atom. The number of nitrogens with two attached hydrogens (primary N) is 1. The first-order chi connectivity index (χ1) is 11.9. The standard InChI is InChI=1S/C18H21FN2O3S.ClH/c1-14(15-5-3-2-4-6-15)21-25(22,23)18-9-7-17(8-10-18)24-13-16(19)11-12-20;/h2-11,14,21H,12-13,20H2,1H3;1H. The third-order valence-corrected chi connectivity index (χ3v) is 5.04. The molecule has 0 saturated heterocycles. The molecule has 0 aromatic heterocycles. The first-order valence-corrected chi connectivity index (χ1v) is 9.25. The quantitative estimate of drug-likeness (QED) is 0.712. The number of hydrogen-bond acceptors (Lipinski definition) is 4. The van der Waals surface area contributed by atoms with Gasteiger partial charge in [0.1, 0.15) is 18.2 Å². The molecule has 0 saturated carbocycles. The summed E-state index contributed by atoms with van der Waals surface area (Å²) in [5.74, 6) is -0.104. The van der Waals surface area contributed by atoms with Gasteiger partial charge in [0.05, 0.1) is 4.90 Å². The molecule has 1 unspecified atom stereocenters. The van der Waals surface area contributed by atoms with Gasteiger partial charge in [-0.05, 0) is 42.8 Å². The van der Waals surface area contributed by atoms with E-state index in [0.29, 0.717) is 5.75 Å². The summed E-state index contributed by atoms with van der Waals surface area (Å²) in [6.45, 7) is 1.63. The van der Waals surface area contributed by atoms with Crippen molar-refractivity contribution in [1.29, 1.82) is 0 Å². The van der Waals surface area contributed by atoms with Crippen molar-refractivity contribution in [2.75, 3.05) is 13.2 Å². The Hall–Kier alpha value is -1.93. The van der Waals surface area contributed by atoms with Gasteiger partial charge < -0.3 is 10.5 Å². The first kappa shape index (κ1) is 22.1. The molecule has 0 aliphatic rings. The van der Waals surface area contributed by atoms with E-state index in [2.05, 4.69) is 4.72 Å². The van der Waals surface area contributed by atoms with E-state index in [1.165, 1.54) is 30.3 Å². The van der Waals surface area contributed by atoms with Crippen molar-refractivity contribution in [1.82, 2.24) is 4.72 Å². The molecule has 0 heterocycles. The van der Waals surface area contributed by atoms with E-state index < -0.39 is 15.9 Å². The molecule has 26 heavy (non-hydrogen) atoms. The van der Waals surface area contributed by atoms with Crippen molar-refractivity contribution in [2.24, 2.45) is 5.73 Å². The Labute approximate surface area is 159 Å². The maximum atomic E-state index is 13.2. The van der Waals surface area contributed by atoms with Crippen LogP contribution in [0, 0.1) is 0 Å². The number of ether oxygens (including phenoxy) is 1. The first-order valence-electron chi connectivity index (χ1n) is 7.77. The third-order valence-electron chi connectivity index (χ3n) is 3.48. The number of nitrogens with one attached hydrogen (secondary N) is 1. The summed E-state index contributed by atoms with van der Waals surface area (Å²) in [5.41, 5.74) is 6.07. The third kappa shape index (κ3) is 6.42. The van der Waals surface area contributed by atoms with Crippen molar-refractivity contribution >= 4 is 22.4 Å². The molecule has 0 amide bonds. The molecule has 0 aliphatic heterocycles. The number of sulfonamides is 1. The minimum absolute atomic E-state index is 0. The zero-order valence-corrected chi connectivity index (χ0v) is 15.9. The van der Waals surface area contributed by atoms with Crippen LogP contribution in [0.2, 0.25) is 0 Å². The number of halogens is 2. The highest BCUT2D eigenvalue weighted by atomic mass is 35.5. The van der Waals surface area contributed by atoms with Gasteiger partial charge in [0.25, 0.3) is 0 Å². The zero-order chi connectivity index (χ0) is 18.3. The second-order valence-electron chi connectivity index (χ2n) is 5.40. The second-order valence-corrected chi connectivity index (χ2v) is 7.11. The molecular weight excluding hydrogens is 379 g/mol. The molecule has 3 N–H and O–H groups in total. The Bertz CT molecular complexity index is 812. The van der Waals surface area contributed by atoms with Crippen molar-refractivity contribution in [3.8, 4) is 5.75 Å². The van der Waals surface area contributed by atoms with Crippen LogP contribution in [-0.2, 0) is 10.0 Å². The predicted molar refractivity (Wildman–Crippen MR) is 103 cm³/mol. The molecular formula is C18H22ClFN2O3S. The summed E-state index contributed by atoms with van der Waals surface area (Å²) in [7, 11) is -3.67. The van der Waals surface area contributed by atoms with Gasteiger partial charge in [-0.15, -0.1) is 12.4 Å². The lowest BCUT2D eigenvalue weighted by molar-refractivity contribution is 0.318. The lowest BCUT2D eigenvalue weighted by atomic mass is 10.1. The van der Waals surface area contributed by atoms with E-state index in [4.69, 9.17) is 10.5 Å². The zero-order valence-electron chi connectivity index (χ0n) is 14.3. The fourth-order valence-corrected chi connectivity index (χ4v) is 3.40. The van der Waals surface area contributed by atoms with Gasteiger partial charge in [-0.2, -0.15) is 0 Å². The lowest BCUT2D eigenvalue weighted by Gasteiger charge is -2.15. The molecule has 2 rings (SSSR count). The average molecular weight is 401 g/mol. The normalized spacial score (nSPS) is 13.0. The van der Waals surface area contributed by atoms with E-state index in [1.807, 2.05) is 30.3 Å². The van der Waals surface area contributed by atoms with E-state index in [0.717, 1.165) is 5.56 Å². The Morgan fingerprint density at radius 1 is 1.19 bits per heavy atom. The number of hydrogen-bond donors (Lipinski definition) is 2. The van der Waals surface area contributed by atoms with Crippen LogP contribution in [0.4, 0.5) is 4.39 Å². The van der Waals surface area contributed by atoms with Gasteiger partial charge in [0, 0.05) is 12.6 Å². The van der Waals surface area contributed by atoms with E-state index in [-0.39, 0.29) is 36.5 Å². The highest BCUT2D eigenvalue weighted by molar-refractivity contribution is 7.89. The van der Waals surface area contributed by atoms with Crippen LogP contribution in [-0.4, -0.2) is 21.6 Å². The Balaban J connectivity index is 0.00000338. The molecule has 0 fully saturated rings. The van der Waals surface area contributed by atoms with E-state index in [9.17, 15) is 12.8 Å². The van der Waals surface area contributed by atoms with Crippen LogP contribution in [0.5, 0.6) is 5.75 Å². The summed E-state index contributed by atoms with van der Waals surface area (Å²) in [4.78, 5) is 0.112. The molecule has 1 atom stereocenters. The molecule has 2 aromatic carbocycles. The lowest BCUT2D eigenvalue weighted by Crippen LogP contribution is -2.26. The summed E-state index contributed by atoms with van der Waals surface area (Å²) in [5, 5.41) is 0. The molecule has 142 valence electrons. The topological polar surface area (TPSA) is 81.4 Å². The molecule has 2 aromatic rings. The second kappa shape index (κ2) is 10.3. The molecule has 0 bridgehead atoms. The monoisotopic (exact) mass is 400 g/mol. The van der Waals surface area contributed by atoms with Gasteiger partial charge >= 0.3 is 0 Å². The van der Waals surface area contributed by atoms with Gasteiger partial charge in [-0.3, -0.25) is 0 Å². The van der Waals surface area contributed by atoms with E-state index in [1.54, 1.807) is 6.92 Å². The van der Waals surface area contributed by atoms with Gasteiger partial charge in [-0.1, -0.05) is 30.3 Å². The Morgan fingerprint density at radius 3 is 2.38 bits per heavy atom. The average Bonchev–Trinajstić information content (AvgIpc) is 2.61. The maximum Gasteiger partial charge on any atom is 0.241 e. The predicted octanol–water partition coefficient (Wildman–Crippen LogP) is 3.34. The highest BCUT2D eigenvalue weighted by Crippen LogP contribution is 2.19. The van der Waals surface area contributed by atoms with Crippen LogP contribution in [0.1, 0.15) is 18.5 Å². The fraction of sp³-hybridized carbons (Fsp3) is 0.222. The Kier molecular flexibility index (Phi) is 8.74. The van der Waals surface area contributed by atoms with Crippen LogP contribution in [0.25, 0.3) is 0 Å². The number of rotatable bonds is 8. The van der Waals surface area contributed by atoms with Gasteiger partial charge in [0.2, 0.25) is 10.0 Å². The van der Waals surface area contributed by atoms with Crippen LogP contribution in [0.3, 0.4) is 0 Å². The smallest absolute Gasteiger partial charge is 0.241 e.